The Morgan fingerprint density at radius 1 is 1.00 bits per heavy atom. The Bertz CT molecular complexity index is 945. The monoisotopic (exact) mass is 410 g/mol. The Labute approximate surface area is 175 Å². The van der Waals surface area contributed by atoms with E-state index in [-0.39, 0.29) is 18.6 Å². The van der Waals surface area contributed by atoms with Gasteiger partial charge in [-0.05, 0) is 30.3 Å². The Kier molecular flexibility index (Phi) is 5.24. The predicted octanol–water partition coefficient (Wildman–Crippen LogP) is 2.76. The van der Waals surface area contributed by atoms with Crippen LogP contribution in [0.2, 0.25) is 0 Å². The van der Waals surface area contributed by atoms with Gasteiger partial charge in [0.1, 0.15) is 5.82 Å². The minimum absolute atomic E-state index is 0.0128. The molecule has 158 valence electrons. The maximum atomic E-state index is 12.8. The first-order valence-electron chi connectivity index (χ1n) is 10.0. The molecule has 1 fully saturated rings. The minimum atomic E-state index is -0.459. The van der Waals surface area contributed by atoms with Gasteiger partial charge in [-0.15, -0.1) is 0 Å². The normalized spacial score (nSPS) is 15.8. The van der Waals surface area contributed by atoms with E-state index in [1.807, 2.05) is 37.8 Å². The molecular formula is C22H26N4O4. The minimum Gasteiger partial charge on any atom is -0.454 e. The van der Waals surface area contributed by atoms with Crippen molar-refractivity contribution >= 4 is 23.3 Å². The highest BCUT2D eigenvalue weighted by Gasteiger charge is 2.25. The van der Waals surface area contributed by atoms with Crippen LogP contribution in [0.5, 0.6) is 11.5 Å². The van der Waals surface area contributed by atoms with E-state index in [4.69, 9.17) is 9.47 Å². The van der Waals surface area contributed by atoms with Gasteiger partial charge < -0.3 is 24.6 Å². The second-order valence-corrected chi connectivity index (χ2v) is 8.46. The molecule has 2 aliphatic rings. The fourth-order valence-electron chi connectivity index (χ4n) is 3.32. The van der Waals surface area contributed by atoms with Gasteiger partial charge >= 0.3 is 0 Å². The number of hydrogen-bond donors (Lipinski definition) is 1. The highest BCUT2D eigenvalue weighted by atomic mass is 16.7. The summed E-state index contributed by atoms with van der Waals surface area (Å²) in [5.74, 6) is 2.06. The third-order valence-corrected chi connectivity index (χ3v) is 5.20. The van der Waals surface area contributed by atoms with Crippen molar-refractivity contribution in [2.75, 3.05) is 43.2 Å². The lowest BCUT2D eigenvalue weighted by Crippen LogP contribution is -2.49. The van der Waals surface area contributed by atoms with Gasteiger partial charge in [0.2, 0.25) is 12.7 Å². The number of pyridine rings is 1. The topological polar surface area (TPSA) is 84.0 Å². The van der Waals surface area contributed by atoms with Crippen molar-refractivity contribution in [1.29, 1.82) is 0 Å². The molecule has 8 heteroatoms. The van der Waals surface area contributed by atoms with Crippen molar-refractivity contribution in [3.05, 3.63) is 42.1 Å². The van der Waals surface area contributed by atoms with Crippen molar-refractivity contribution in [1.82, 2.24) is 9.88 Å². The van der Waals surface area contributed by atoms with Gasteiger partial charge in [-0.3, -0.25) is 9.59 Å². The zero-order valence-electron chi connectivity index (χ0n) is 17.5. The Morgan fingerprint density at radius 2 is 1.73 bits per heavy atom. The molecule has 1 saturated heterocycles. The molecule has 8 nitrogen and oxygen atoms in total. The van der Waals surface area contributed by atoms with Crippen LogP contribution in [0.3, 0.4) is 0 Å². The molecule has 30 heavy (non-hydrogen) atoms. The molecule has 0 unspecified atom stereocenters. The van der Waals surface area contributed by atoms with E-state index < -0.39 is 5.41 Å². The smallest absolute Gasteiger partial charge is 0.254 e. The molecule has 4 rings (SSSR count). The standard InChI is InChI=1S/C22H26N4O4/c1-22(2,3)21(28)24-16-5-7-19(23-13-16)25-8-10-26(11-9-25)20(27)15-4-6-17-18(12-15)30-14-29-17/h4-7,12-13H,8-11,14H2,1-3H3,(H,24,28). The summed E-state index contributed by atoms with van der Waals surface area (Å²) in [4.78, 5) is 33.4. The van der Waals surface area contributed by atoms with Gasteiger partial charge in [-0.25, -0.2) is 4.98 Å². The van der Waals surface area contributed by atoms with Gasteiger partial charge in [0.25, 0.3) is 5.91 Å². The van der Waals surface area contributed by atoms with Crippen LogP contribution in [0.15, 0.2) is 36.5 Å². The average Bonchev–Trinajstić information content (AvgIpc) is 3.21. The first-order chi connectivity index (χ1) is 14.3. The summed E-state index contributed by atoms with van der Waals surface area (Å²) < 4.78 is 10.7. The molecule has 1 aromatic carbocycles. The van der Waals surface area contributed by atoms with Crippen molar-refractivity contribution in [2.24, 2.45) is 5.41 Å². The number of nitrogens with one attached hydrogen (secondary N) is 1. The number of piperazine rings is 1. The van der Waals surface area contributed by atoms with Crippen LogP contribution in [-0.4, -0.2) is 54.7 Å². The average molecular weight is 410 g/mol. The number of ether oxygens (including phenoxy) is 2. The molecule has 3 heterocycles. The zero-order chi connectivity index (χ0) is 21.3. The van der Waals surface area contributed by atoms with E-state index >= 15 is 0 Å². The quantitative estimate of drug-likeness (QED) is 0.838. The second-order valence-electron chi connectivity index (χ2n) is 8.46. The summed E-state index contributed by atoms with van der Waals surface area (Å²) in [5.41, 5.74) is 0.819. The van der Waals surface area contributed by atoms with Crippen molar-refractivity contribution in [3.8, 4) is 11.5 Å². The fourth-order valence-corrected chi connectivity index (χ4v) is 3.32. The molecule has 1 N–H and O–H groups in total. The third-order valence-electron chi connectivity index (χ3n) is 5.20. The predicted molar refractivity (Wildman–Crippen MR) is 113 cm³/mol. The summed E-state index contributed by atoms with van der Waals surface area (Å²) in [6.45, 7) is 8.40. The molecule has 0 atom stereocenters. The van der Waals surface area contributed by atoms with Crippen LogP contribution in [-0.2, 0) is 4.79 Å². The molecule has 0 aliphatic carbocycles. The molecule has 1 aromatic heterocycles. The molecule has 2 aromatic rings. The number of carbonyl (C=O) groups is 2. The number of hydrogen-bond acceptors (Lipinski definition) is 6. The highest BCUT2D eigenvalue weighted by Crippen LogP contribution is 2.33. The van der Waals surface area contributed by atoms with Crippen LogP contribution in [0.4, 0.5) is 11.5 Å². The van der Waals surface area contributed by atoms with Crippen LogP contribution >= 0.6 is 0 Å². The number of carbonyl (C=O) groups excluding carboxylic acids is 2. The molecule has 2 aliphatic heterocycles. The largest absolute Gasteiger partial charge is 0.454 e. The molecule has 0 radical (unpaired) electrons. The Hall–Kier alpha value is -3.29. The van der Waals surface area contributed by atoms with E-state index in [0.29, 0.717) is 48.9 Å². The van der Waals surface area contributed by atoms with Crippen molar-refractivity contribution in [2.45, 2.75) is 20.8 Å². The SMILES string of the molecule is CC(C)(C)C(=O)Nc1ccc(N2CCN(C(=O)c3ccc4c(c3)OCO4)CC2)nc1. The molecule has 0 bridgehead atoms. The van der Waals surface area contributed by atoms with Gasteiger partial charge in [-0.1, -0.05) is 20.8 Å². The van der Waals surface area contributed by atoms with Gasteiger partial charge in [-0.2, -0.15) is 0 Å². The summed E-state index contributed by atoms with van der Waals surface area (Å²) in [7, 11) is 0. The number of anilines is 2. The zero-order valence-corrected chi connectivity index (χ0v) is 17.5. The van der Waals surface area contributed by atoms with Gasteiger partial charge in [0.05, 0.1) is 11.9 Å². The molecule has 0 spiro atoms. The van der Waals surface area contributed by atoms with Crippen LogP contribution in [0, 0.1) is 5.41 Å². The summed E-state index contributed by atoms with van der Waals surface area (Å²) in [5, 5.41) is 2.88. The molecular weight excluding hydrogens is 384 g/mol. The first-order valence-corrected chi connectivity index (χ1v) is 10.0. The lowest BCUT2D eigenvalue weighted by molar-refractivity contribution is -0.123. The van der Waals surface area contributed by atoms with E-state index in [2.05, 4.69) is 15.2 Å². The maximum Gasteiger partial charge on any atom is 0.254 e. The number of aromatic nitrogens is 1. The number of fused-ring (bicyclic) bond motifs is 1. The lowest BCUT2D eigenvalue weighted by Gasteiger charge is -2.35. The summed E-state index contributed by atoms with van der Waals surface area (Å²) in [6, 6.07) is 9.04. The number of rotatable bonds is 3. The molecule has 0 saturated carbocycles. The number of nitrogens with zero attached hydrogens (tertiary/aromatic N) is 3. The van der Waals surface area contributed by atoms with E-state index in [1.54, 1.807) is 24.4 Å². The summed E-state index contributed by atoms with van der Waals surface area (Å²) in [6.07, 6.45) is 1.67. The third kappa shape index (κ3) is 4.17. The van der Waals surface area contributed by atoms with Crippen LogP contribution in [0.1, 0.15) is 31.1 Å². The lowest BCUT2D eigenvalue weighted by atomic mass is 9.96. The van der Waals surface area contributed by atoms with Gasteiger partial charge in [0, 0.05) is 37.2 Å². The Morgan fingerprint density at radius 3 is 2.40 bits per heavy atom. The Balaban J connectivity index is 1.34. The van der Waals surface area contributed by atoms with E-state index in [9.17, 15) is 9.59 Å². The van der Waals surface area contributed by atoms with Gasteiger partial charge in [0.15, 0.2) is 11.5 Å². The second kappa shape index (κ2) is 7.85. The van der Waals surface area contributed by atoms with Crippen LogP contribution in [0.25, 0.3) is 0 Å². The van der Waals surface area contributed by atoms with Crippen LogP contribution < -0.4 is 19.7 Å². The number of benzene rings is 1. The fraction of sp³-hybridized carbons (Fsp3) is 0.409. The summed E-state index contributed by atoms with van der Waals surface area (Å²) >= 11 is 0. The van der Waals surface area contributed by atoms with E-state index in [1.165, 1.54) is 0 Å². The maximum absolute atomic E-state index is 12.8. The van der Waals surface area contributed by atoms with E-state index in [0.717, 1.165) is 5.82 Å². The van der Waals surface area contributed by atoms with Crippen molar-refractivity contribution < 1.29 is 19.1 Å². The first kappa shape index (κ1) is 20.0. The highest BCUT2D eigenvalue weighted by molar-refractivity contribution is 5.95. The number of amides is 2. The molecule has 2 amide bonds. The van der Waals surface area contributed by atoms with Crippen molar-refractivity contribution in [3.63, 3.8) is 0 Å².